The normalized spacial score (nSPS) is 13.2. The van der Waals surface area contributed by atoms with Crippen LogP contribution in [0.1, 0.15) is 26.2 Å². The minimum Gasteiger partial charge on any atom is -0.480 e. The Balaban J connectivity index is 3.77. The highest BCUT2D eigenvalue weighted by molar-refractivity contribution is 5.73. The standard InChI is InChI=1S/C13H29N3O2/c1-5-8-14-12(13(17)18)7-11-16(4)10-6-9-15(2)3/h12,14H,5-11H2,1-4H3,(H,17,18). The third kappa shape index (κ3) is 9.39. The highest BCUT2D eigenvalue weighted by Gasteiger charge is 2.16. The zero-order valence-electron chi connectivity index (χ0n) is 12.3. The first-order chi connectivity index (χ1) is 8.47. The van der Waals surface area contributed by atoms with Gasteiger partial charge < -0.3 is 20.2 Å². The lowest BCUT2D eigenvalue weighted by molar-refractivity contribution is -0.139. The van der Waals surface area contributed by atoms with Crippen molar-refractivity contribution >= 4 is 5.97 Å². The summed E-state index contributed by atoms with van der Waals surface area (Å²) in [7, 11) is 6.18. The summed E-state index contributed by atoms with van der Waals surface area (Å²) >= 11 is 0. The second-order valence-electron chi connectivity index (χ2n) is 5.09. The van der Waals surface area contributed by atoms with Crippen molar-refractivity contribution in [1.82, 2.24) is 15.1 Å². The van der Waals surface area contributed by atoms with E-state index < -0.39 is 12.0 Å². The Labute approximate surface area is 111 Å². The average Bonchev–Trinajstić information content (AvgIpc) is 2.28. The predicted molar refractivity (Wildman–Crippen MR) is 75.0 cm³/mol. The molecular weight excluding hydrogens is 230 g/mol. The van der Waals surface area contributed by atoms with Gasteiger partial charge in [0.05, 0.1) is 0 Å². The van der Waals surface area contributed by atoms with Gasteiger partial charge in [-0.05, 0) is 66.6 Å². The third-order valence-electron chi connectivity index (χ3n) is 2.88. The van der Waals surface area contributed by atoms with Crippen LogP contribution in [0.2, 0.25) is 0 Å². The summed E-state index contributed by atoms with van der Waals surface area (Å²) in [6, 6.07) is -0.416. The second-order valence-corrected chi connectivity index (χ2v) is 5.09. The lowest BCUT2D eigenvalue weighted by Gasteiger charge is -2.20. The van der Waals surface area contributed by atoms with Crippen LogP contribution in [0.15, 0.2) is 0 Å². The van der Waals surface area contributed by atoms with Gasteiger partial charge in [0.2, 0.25) is 0 Å². The van der Waals surface area contributed by atoms with Crippen molar-refractivity contribution in [2.75, 3.05) is 47.3 Å². The Bertz CT molecular complexity index is 222. The van der Waals surface area contributed by atoms with E-state index in [9.17, 15) is 4.79 Å². The molecule has 0 amide bonds. The van der Waals surface area contributed by atoms with E-state index in [1.165, 1.54) is 0 Å². The number of carboxylic acids is 1. The Morgan fingerprint density at radius 1 is 1.22 bits per heavy atom. The molecule has 0 radical (unpaired) electrons. The van der Waals surface area contributed by atoms with E-state index in [2.05, 4.69) is 29.2 Å². The number of rotatable bonds is 11. The van der Waals surface area contributed by atoms with Gasteiger partial charge in [-0.1, -0.05) is 6.92 Å². The van der Waals surface area contributed by atoms with Crippen LogP contribution < -0.4 is 5.32 Å². The average molecular weight is 259 g/mol. The molecule has 0 rings (SSSR count). The molecule has 5 nitrogen and oxygen atoms in total. The smallest absolute Gasteiger partial charge is 0.320 e. The van der Waals surface area contributed by atoms with Crippen LogP contribution in [0.5, 0.6) is 0 Å². The van der Waals surface area contributed by atoms with Gasteiger partial charge in [0.15, 0.2) is 0 Å². The molecule has 0 aromatic rings. The molecule has 0 bridgehead atoms. The Hall–Kier alpha value is -0.650. The Kier molecular flexibility index (Phi) is 9.92. The monoisotopic (exact) mass is 259 g/mol. The molecule has 2 N–H and O–H groups in total. The molecule has 0 aromatic heterocycles. The number of aliphatic carboxylic acids is 1. The number of carbonyl (C=O) groups is 1. The maximum Gasteiger partial charge on any atom is 0.320 e. The van der Waals surface area contributed by atoms with Gasteiger partial charge in [-0.15, -0.1) is 0 Å². The van der Waals surface area contributed by atoms with Crippen LogP contribution in [0.25, 0.3) is 0 Å². The van der Waals surface area contributed by atoms with Gasteiger partial charge >= 0.3 is 5.97 Å². The fourth-order valence-electron chi connectivity index (χ4n) is 1.75. The van der Waals surface area contributed by atoms with Crippen LogP contribution in [0, 0.1) is 0 Å². The number of nitrogens with zero attached hydrogens (tertiary/aromatic N) is 2. The summed E-state index contributed by atoms with van der Waals surface area (Å²) in [4.78, 5) is 15.4. The largest absolute Gasteiger partial charge is 0.480 e. The zero-order chi connectivity index (χ0) is 14.0. The molecule has 0 aromatic carbocycles. The first-order valence-corrected chi connectivity index (χ1v) is 6.76. The first-order valence-electron chi connectivity index (χ1n) is 6.76. The van der Waals surface area contributed by atoms with E-state index in [1.54, 1.807) is 0 Å². The van der Waals surface area contributed by atoms with Crippen molar-refractivity contribution in [2.24, 2.45) is 0 Å². The molecule has 1 unspecified atom stereocenters. The van der Waals surface area contributed by atoms with Crippen molar-refractivity contribution in [3.8, 4) is 0 Å². The van der Waals surface area contributed by atoms with Gasteiger partial charge in [0, 0.05) is 0 Å². The van der Waals surface area contributed by atoms with E-state index in [-0.39, 0.29) is 0 Å². The Morgan fingerprint density at radius 3 is 2.39 bits per heavy atom. The molecule has 0 aliphatic rings. The summed E-state index contributed by atoms with van der Waals surface area (Å²) in [5.74, 6) is -0.745. The molecule has 0 saturated heterocycles. The maximum absolute atomic E-state index is 11.0. The van der Waals surface area contributed by atoms with Crippen LogP contribution in [-0.2, 0) is 4.79 Å². The molecule has 0 aliphatic heterocycles. The fraction of sp³-hybridized carbons (Fsp3) is 0.923. The van der Waals surface area contributed by atoms with Crippen LogP contribution in [0.3, 0.4) is 0 Å². The molecule has 0 aliphatic carbocycles. The molecule has 18 heavy (non-hydrogen) atoms. The first kappa shape index (κ1) is 17.4. The Morgan fingerprint density at radius 2 is 1.89 bits per heavy atom. The van der Waals surface area contributed by atoms with E-state index in [4.69, 9.17) is 5.11 Å². The van der Waals surface area contributed by atoms with Crippen molar-refractivity contribution in [3.63, 3.8) is 0 Å². The van der Waals surface area contributed by atoms with E-state index in [0.29, 0.717) is 6.42 Å². The summed E-state index contributed by atoms with van der Waals surface area (Å²) in [6.45, 7) is 5.71. The molecular formula is C13H29N3O2. The van der Waals surface area contributed by atoms with Gasteiger partial charge in [-0.2, -0.15) is 0 Å². The predicted octanol–water partition coefficient (Wildman–Crippen LogP) is 0.713. The van der Waals surface area contributed by atoms with Crippen molar-refractivity contribution in [1.29, 1.82) is 0 Å². The number of hydrogen-bond acceptors (Lipinski definition) is 4. The third-order valence-corrected chi connectivity index (χ3v) is 2.88. The van der Waals surface area contributed by atoms with E-state index in [0.717, 1.165) is 39.0 Å². The van der Waals surface area contributed by atoms with E-state index in [1.807, 2.05) is 14.0 Å². The lowest BCUT2D eigenvalue weighted by Crippen LogP contribution is -2.40. The minimum absolute atomic E-state index is 0.416. The highest BCUT2D eigenvalue weighted by Crippen LogP contribution is 1.97. The SMILES string of the molecule is CCCNC(CCN(C)CCCN(C)C)C(=O)O. The second kappa shape index (κ2) is 10.3. The fourth-order valence-corrected chi connectivity index (χ4v) is 1.75. The minimum atomic E-state index is -0.745. The van der Waals surface area contributed by atoms with Crippen molar-refractivity contribution in [3.05, 3.63) is 0 Å². The number of hydrogen-bond donors (Lipinski definition) is 2. The van der Waals surface area contributed by atoms with Gasteiger partial charge in [-0.25, -0.2) is 0 Å². The molecule has 0 heterocycles. The van der Waals surface area contributed by atoms with Crippen LogP contribution in [-0.4, -0.2) is 74.2 Å². The summed E-state index contributed by atoms with van der Waals surface area (Å²) in [5, 5.41) is 12.1. The molecule has 1 atom stereocenters. The summed E-state index contributed by atoms with van der Waals surface area (Å²) < 4.78 is 0. The maximum atomic E-state index is 11.0. The van der Waals surface area contributed by atoms with Crippen molar-refractivity contribution < 1.29 is 9.90 Å². The van der Waals surface area contributed by atoms with Gasteiger partial charge in [0.1, 0.15) is 6.04 Å². The zero-order valence-corrected chi connectivity index (χ0v) is 12.3. The topological polar surface area (TPSA) is 55.8 Å². The molecule has 0 saturated carbocycles. The van der Waals surface area contributed by atoms with Crippen molar-refractivity contribution in [2.45, 2.75) is 32.2 Å². The molecule has 0 fully saturated rings. The van der Waals surface area contributed by atoms with E-state index >= 15 is 0 Å². The van der Waals surface area contributed by atoms with Gasteiger partial charge in [-0.3, -0.25) is 4.79 Å². The quantitative estimate of drug-likeness (QED) is 0.572. The van der Waals surface area contributed by atoms with Crippen LogP contribution >= 0.6 is 0 Å². The molecule has 108 valence electrons. The lowest BCUT2D eigenvalue weighted by atomic mass is 10.2. The summed E-state index contributed by atoms with van der Waals surface area (Å²) in [6.07, 6.45) is 2.74. The summed E-state index contributed by atoms with van der Waals surface area (Å²) in [5.41, 5.74) is 0. The molecule has 5 heteroatoms. The number of carboxylic acid groups (broad SMARTS) is 1. The van der Waals surface area contributed by atoms with Gasteiger partial charge in [0.25, 0.3) is 0 Å². The number of nitrogens with one attached hydrogen (secondary N) is 1. The molecule has 0 spiro atoms. The highest BCUT2D eigenvalue weighted by atomic mass is 16.4. The van der Waals surface area contributed by atoms with Crippen LogP contribution in [0.4, 0.5) is 0 Å².